The van der Waals surface area contributed by atoms with Gasteiger partial charge in [-0.3, -0.25) is 9.59 Å². The predicted molar refractivity (Wildman–Crippen MR) is 126 cm³/mol. The highest BCUT2D eigenvalue weighted by atomic mass is 16.5. The lowest BCUT2D eigenvalue weighted by molar-refractivity contribution is -0.133. The zero-order chi connectivity index (χ0) is 22.2. The second kappa shape index (κ2) is 11.2. The molecule has 0 bridgehead atoms. The molecule has 0 unspecified atom stereocenters. The fourth-order valence-electron chi connectivity index (χ4n) is 4.78. The van der Waals surface area contributed by atoms with Gasteiger partial charge in [0.25, 0.3) is 11.8 Å². The van der Waals surface area contributed by atoms with Crippen molar-refractivity contribution >= 4 is 11.8 Å². The van der Waals surface area contributed by atoms with Gasteiger partial charge in [-0.05, 0) is 55.7 Å². The van der Waals surface area contributed by atoms with Crippen molar-refractivity contribution in [3.63, 3.8) is 0 Å². The van der Waals surface area contributed by atoms with E-state index in [9.17, 15) is 9.59 Å². The van der Waals surface area contributed by atoms with E-state index in [2.05, 4.69) is 24.3 Å². The van der Waals surface area contributed by atoms with Gasteiger partial charge in [0, 0.05) is 26.2 Å². The van der Waals surface area contributed by atoms with Crippen molar-refractivity contribution in [2.45, 2.75) is 44.9 Å². The van der Waals surface area contributed by atoms with E-state index in [1.54, 1.807) is 6.07 Å². The topological polar surface area (TPSA) is 49.9 Å². The maximum Gasteiger partial charge on any atom is 0.260 e. The molecule has 5 nitrogen and oxygen atoms in total. The number of rotatable bonds is 6. The summed E-state index contributed by atoms with van der Waals surface area (Å²) >= 11 is 0. The van der Waals surface area contributed by atoms with Crippen LogP contribution in [0.2, 0.25) is 0 Å². The number of piperidine rings is 1. The highest BCUT2D eigenvalue weighted by Crippen LogP contribution is 2.26. The minimum absolute atomic E-state index is 0.000910. The molecule has 0 spiro atoms. The summed E-state index contributed by atoms with van der Waals surface area (Å²) in [6.07, 6.45) is 7.57. The third-order valence-corrected chi connectivity index (χ3v) is 6.70. The molecule has 32 heavy (non-hydrogen) atoms. The molecule has 0 saturated carbocycles. The maximum atomic E-state index is 13.2. The summed E-state index contributed by atoms with van der Waals surface area (Å²) in [5, 5.41) is 0. The molecule has 0 aliphatic carbocycles. The van der Waals surface area contributed by atoms with Crippen LogP contribution >= 0.6 is 0 Å². The number of carbonyl (C=O) groups excluding carboxylic acids is 2. The molecule has 0 aromatic heterocycles. The van der Waals surface area contributed by atoms with E-state index in [0.717, 1.165) is 58.3 Å². The van der Waals surface area contributed by atoms with E-state index in [1.165, 1.54) is 18.4 Å². The van der Waals surface area contributed by atoms with E-state index in [0.29, 0.717) is 17.2 Å². The van der Waals surface area contributed by atoms with Crippen LogP contribution in [0.15, 0.2) is 54.6 Å². The van der Waals surface area contributed by atoms with Crippen molar-refractivity contribution in [1.82, 2.24) is 9.80 Å². The summed E-state index contributed by atoms with van der Waals surface area (Å²) in [7, 11) is 0. The number of hydrogen-bond acceptors (Lipinski definition) is 3. The first kappa shape index (κ1) is 22.4. The number of hydrogen-bond donors (Lipinski definition) is 0. The molecule has 170 valence electrons. The zero-order valence-corrected chi connectivity index (χ0v) is 18.9. The van der Waals surface area contributed by atoms with Crippen LogP contribution < -0.4 is 4.74 Å². The monoisotopic (exact) mass is 434 g/mol. The van der Waals surface area contributed by atoms with Crippen LogP contribution in [0.1, 0.15) is 54.4 Å². The highest BCUT2D eigenvalue weighted by Gasteiger charge is 2.26. The van der Waals surface area contributed by atoms with Crippen LogP contribution in [0.5, 0.6) is 5.75 Å². The lowest BCUT2D eigenvalue weighted by Crippen LogP contribution is -2.39. The molecule has 2 aliphatic heterocycles. The molecule has 2 amide bonds. The Morgan fingerprint density at radius 3 is 2.16 bits per heavy atom. The quantitative estimate of drug-likeness (QED) is 0.670. The molecule has 4 rings (SSSR count). The van der Waals surface area contributed by atoms with Gasteiger partial charge in [0.05, 0.1) is 5.56 Å². The summed E-state index contributed by atoms with van der Waals surface area (Å²) in [4.78, 5) is 29.7. The largest absolute Gasteiger partial charge is 0.483 e. The van der Waals surface area contributed by atoms with Gasteiger partial charge < -0.3 is 14.5 Å². The Kier molecular flexibility index (Phi) is 7.81. The van der Waals surface area contributed by atoms with Crippen LogP contribution in [-0.2, 0) is 11.2 Å². The van der Waals surface area contributed by atoms with Crippen molar-refractivity contribution in [3.8, 4) is 5.75 Å². The summed E-state index contributed by atoms with van der Waals surface area (Å²) in [5.41, 5.74) is 1.92. The minimum Gasteiger partial charge on any atom is -0.483 e. The number of amides is 2. The average molecular weight is 435 g/mol. The first-order chi connectivity index (χ1) is 15.7. The van der Waals surface area contributed by atoms with Crippen molar-refractivity contribution in [2.24, 2.45) is 5.92 Å². The first-order valence-electron chi connectivity index (χ1n) is 12.0. The summed E-state index contributed by atoms with van der Waals surface area (Å²) < 4.78 is 5.87. The van der Waals surface area contributed by atoms with Gasteiger partial charge in [-0.2, -0.15) is 0 Å². The Morgan fingerprint density at radius 2 is 1.44 bits per heavy atom. The van der Waals surface area contributed by atoms with Crippen LogP contribution in [0, 0.1) is 5.92 Å². The second-order valence-electron chi connectivity index (χ2n) is 9.01. The van der Waals surface area contributed by atoms with Crippen molar-refractivity contribution < 1.29 is 14.3 Å². The van der Waals surface area contributed by atoms with Gasteiger partial charge in [0.2, 0.25) is 0 Å². The molecule has 2 fully saturated rings. The van der Waals surface area contributed by atoms with Gasteiger partial charge in [0.15, 0.2) is 6.61 Å². The van der Waals surface area contributed by atoms with Crippen molar-refractivity contribution in [1.29, 1.82) is 0 Å². The summed E-state index contributed by atoms with van der Waals surface area (Å²) in [6.45, 7) is 3.12. The Morgan fingerprint density at radius 1 is 0.781 bits per heavy atom. The molecule has 2 aliphatic rings. The Bertz CT molecular complexity index is 883. The Labute approximate surface area is 191 Å². The highest BCUT2D eigenvalue weighted by molar-refractivity contribution is 5.97. The summed E-state index contributed by atoms with van der Waals surface area (Å²) in [6, 6.07) is 17.9. The Hall–Kier alpha value is -2.82. The minimum atomic E-state index is -0.0105. The van der Waals surface area contributed by atoms with E-state index in [-0.39, 0.29) is 18.4 Å². The summed E-state index contributed by atoms with van der Waals surface area (Å²) in [5.74, 6) is 1.13. The molecule has 2 saturated heterocycles. The van der Waals surface area contributed by atoms with Crippen molar-refractivity contribution in [2.75, 3.05) is 32.8 Å². The maximum absolute atomic E-state index is 13.2. The SMILES string of the molecule is O=C(COc1ccccc1C(=O)N1CCC(Cc2ccccc2)CC1)N1CCCCCC1. The van der Waals surface area contributed by atoms with Gasteiger partial charge in [-0.15, -0.1) is 0 Å². The lowest BCUT2D eigenvalue weighted by Gasteiger charge is -2.32. The third-order valence-electron chi connectivity index (χ3n) is 6.70. The molecule has 5 heteroatoms. The first-order valence-corrected chi connectivity index (χ1v) is 12.0. The number of nitrogens with zero attached hydrogens (tertiary/aromatic N) is 2. The molecule has 2 aromatic carbocycles. The molecule has 2 aromatic rings. The zero-order valence-electron chi connectivity index (χ0n) is 18.9. The molecular formula is C27H34N2O3. The number of likely N-dealkylation sites (tertiary alicyclic amines) is 2. The van der Waals surface area contributed by atoms with Gasteiger partial charge in [0.1, 0.15) is 5.75 Å². The lowest BCUT2D eigenvalue weighted by atomic mass is 9.90. The van der Waals surface area contributed by atoms with E-state index in [1.807, 2.05) is 34.1 Å². The standard InChI is InChI=1S/C27H34N2O3/c30-26(28-16-8-1-2-9-17-28)21-32-25-13-7-6-12-24(25)27(31)29-18-14-23(15-19-29)20-22-10-4-3-5-11-22/h3-7,10-13,23H,1-2,8-9,14-21H2. The van der Waals surface area contributed by atoms with Gasteiger partial charge in [-0.1, -0.05) is 55.3 Å². The molecule has 0 N–H and O–H groups in total. The Balaban J connectivity index is 1.32. The number of benzene rings is 2. The van der Waals surface area contributed by atoms with Gasteiger partial charge >= 0.3 is 0 Å². The van der Waals surface area contributed by atoms with Gasteiger partial charge in [-0.25, -0.2) is 0 Å². The van der Waals surface area contributed by atoms with Crippen LogP contribution in [0.3, 0.4) is 0 Å². The van der Waals surface area contributed by atoms with E-state index in [4.69, 9.17) is 4.74 Å². The normalized spacial score (nSPS) is 17.6. The van der Waals surface area contributed by atoms with Crippen molar-refractivity contribution in [3.05, 3.63) is 65.7 Å². The molecule has 0 radical (unpaired) electrons. The second-order valence-corrected chi connectivity index (χ2v) is 9.01. The third kappa shape index (κ3) is 5.90. The van der Waals surface area contributed by atoms with Crippen LogP contribution in [0.4, 0.5) is 0 Å². The number of ether oxygens (including phenoxy) is 1. The average Bonchev–Trinajstić information content (AvgIpc) is 3.13. The van der Waals surface area contributed by atoms with E-state index < -0.39 is 0 Å². The predicted octanol–water partition coefficient (Wildman–Crippen LogP) is 4.56. The molecule has 2 heterocycles. The van der Waals surface area contributed by atoms with Crippen LogP contribution in [-0.4, -0.2) is 54.4 Å². The smallest absolute Gasteiger partial charge is 0.260 e. The fourth-order valence-corrected chi connectivity index (χ4v) is 4.78. The molecule has 0 atom stereocenters. The molecular weight excluding hydrogens is 400 g/mol. The van der Waals surface area contributed by atoms with Crippen LogP contribution in [0.25, 0.3) is 0 Å². The number of para-hydroxylation sites is 1. The van der Waals surface area contributed by atoms with E-state index >= 15 is 0 Å². The fraction of sp³-hybridized carbons (Fsp3) is 0.481. The number of carbonyl (C=O) groups is 2.